The second-order valence-electron chi connectivity index (χ2n) is 6.34. The summed E-state index contributed by atoms with van der Waals surface area (Å²) in [6, 6.07) is 25.1. The zero-order valence-corrected chi connectivity index (χ0v) is 17.6. The highest BCUT2D eigenvalue weighted by atomic mass is 16.4. The van der Waals surface area contributed by atoms with Crippen LogP contribution in [0.3, 0.4) is 0 Å². The van der Waals surface area contributed by atoms with Gasteiger partial charge in [0.15, 0.2) is 12.4 Å². The molecule has 0 saturated carbocycles. The van der Waals surface area contributed by atoms with E-state index < -0.39 is 11.9 Å². The molecule has 0 N–H and O–H groups in total. The predicted octanol–water partition coefficient (Wildman–Crippen LogP) is 0.841. The van der Waals surface area contributed by atoms with Gasteiger partial charge in [0.2, 0.25) is 11.0 Å². The molecule has 0 aliphatic carbocycles. The molecule has 0 atom stereocenters. The Bertz CT molecular complexity index is 1000. The number of carboxylic acids is 2. The number of benzene rings is 2. The summed E-state index contributed by atoms with van der Waals surface area (Å²) in [7, 11) is 4.12. The van der Waals surface area contributed by atoms with Gasteiger partial charge in [-0.05, 0) is 38.1 Å². The molecule has 0 bridgehead atoms. The third-order valence-corrected chi connectivity index (χ3v) is 3.80. The molecule has 0 fully saturated rings. The summed E-state index contributed by atoms with van der Waals surface area (Å²) in [5.74, 6) is -2.17. The molecule has 0 aliphatic rings. The second kappa shape index (κ2) is 12.6. The van der Waals surface area contributed by atoms with Crippen molar-refractivity contribution in [3.05, 3.63) is 85.2 Å². The van der Waals surface area contributed by atoms with Crippen LogP contribution in [0, 0.1) is 0 Å². The van der Waals surface area contributed by atoms with Gasteiger partial charge in [0, 0.05) is 47.0 Å². The summed E-state index contributed by atoms with van der Waals surface area (Å²) >= 11 is 0. The molecule has 0 radical (unpaired) electrons. The quantitative estimate of drug-likeness (QED) is 0.405. The maximum atomic E-state index is 8.89. The number of aliphatic carboxylic acids is 2. The molecule has 0 amide bonds. The van der Waals surface area contributed by atoms with Gasteiger partial charge in [0.1, 0.15) is 14.1 Å². The van der Waals surface area contributed by atoms with Crippen molar-refractivity contribution in [2.45, 2.75) is 13.8 Å². The zero-order chi connectivity index (χ0) is 22.5. The fourth-order valence-electron chi connectivity index (χ4n) is 2.61. The summed E-state index contributed by atoms with van der Waals surface area (Å²) in [6.07, 6.45) is 4.12. The molecule has 2 aromatic heterocycles. The highest BCUT2D eigenvalue weighted by Crippen LogP contribution is 2.07. The van der Waals surface area contributed by atoms with Crippen LogP contribution in [-0.4, -0.2) is 11.9 Å². The Morgan fingerprint density at radius 2 is 0.867 bits per heavy atom. The molecule has 2 heterocycles. The summed E-state index contributed by atoms with van der Waals surface area (Å²) in [5, 5.41) is 20.4. The highest BCUT2D eigenvalue weighted by molar-refractivity contribution is 5.75. The molecule has 0 unspecified atom stereocenters. The predicted molar refractivity (Wildman–Crippen MR) is 112 cm³/mol. The number of rotatable bonds is 0. The lowest BCUT2D eigenvalue weighted by Gasteiger charge is -1.93. The summed E-state index contributed by atoms with van der Waals surface area (Å²) in [6.45, 7) is 1.94. The Kier molecular flexibility index (Phi) is 10.2. The first-order valence-corrected chi connectivity index (χ1v) is 9.24. The van der Waals surface area contributed by atoms with E-state index in [1.54, 1.807) is 0 Å². The normalized spacial score (nSPS) is 9.20. The first kappa shape index (κ1) is 24.2. The number of carboxylic acid groups (broad SMARTS) is 2. The van der Waals surface area contributed by atoms with Crippen LogP contribution in [-0.2, 0) is 23.7 Å². The summed E-state index contributed by atoms with van der Waals surface area (Å²) < 4.78 is 4.24. The third kappa shape index (κ3) is 8.93. The maximum Gasteiger partial charge on any atom is 0.212 e. The van der Waals surface area contributed by atoms with Gasteiger partial charge in [0.25, 0.3) is 0 Å². The average Bonchev–Trinajstić information content (AvgIpc) is 2.69. The fourth-order valence-corrected chi connectivity index (χ4v) is 2.61. The highest BCUT2D eigenvalue weighted by Gasteiger charge is 2.00. The summed E-state index contributed by atoms with van der Waals surface area (Å²) in [4.78, 5) is 17.8. The van der Waals surface area contributed by atoms with Crippen LogP contribution in [0.2, 0.25) is 0 Å². The zero-order valence-electron chi connectivity index (χ0n) is 17.6. The topological polar surface area (TPSA) is 88.0 Å². The third-order valence-electron chi connectivity index (χ3n) is 3.80. The van der Waals surface area contributed by atoms with Crippen molar-refractivity contribution in [3.8, 4) is 0 Å². The number of fused-ring (bicyclic) bond motifs is 2. The van der Waals surface area contributed by atoms with Crippen LogP contribution in [0.5, 0.6) is 0 Å². The van der Waals surface area contributed by atoms with E-state index in [9.17, 15) is 0 Å². The molecule has 4 aromatic rings. The molecule has 6 nitrogen and oxygen atoms in total. The molecule has 0 saturated heterocycles. The minimum atomic E-state index is -1.08. The smallest absolute Gasteiger partial charge is 0.212 e. The Labute approximate surface area is 176 Å². The molecule has 6 heteroatoms. The molecule has 2 aromatic carbocycles. The molecule has 0 aliphatic heterocycles. The number of carbonyl (C=O) groups excluding carboxylic acids is 2. The van der Waals surface area contributed by atoms with Crippen molar-refractivity contribution in [2.24, 2.45) is 14.1 Å². The largest absolute Gasteiger partial charge is 0.550 e. The lowest BCUT2D eigenvalue weighted by atomic mass is 10.2. The molecule has 156 valence electrons. The Morgan fingerprint density at radius 1 is 0.600 bits per heavy atom. The van der Waals surface area contributed by atoms with Gasteiger partial charge in [-0.1, -0.05) is 24.3 Å². The van der Waals surface area contributed by atoms with Gasteiger partial charge in [0.05, 0.1) is 0 Å². The van der Waals surface area contributed by atoms with Crippen molar-refractivity contribution < 1.29 is 28.9 Å². The van der Waals surface area contributed by atoms with Gasteiger partial charge in [-0.15, -0.1) is 0 Å². The molecular weight excluding hydrogens is 380 g/mol. The van der Waals surface area contributed by atoms with Gasteiger partial charge in [-0.3, -0.25) is 0 Å². The Hall–Kier alpha value is -3.80. The SMILES string of the molecule is CC(=O)[O-].CC(=O)[O-].C[n+]1cccc2ccccc21.C[n+]1cccc2ccccc21. The van der Waals surface area contributed by atoms with Crippen LogP contribution in [0.25, 0.3) is 21.8 Å². The van der Waals surface area contributed by atoms with Crippen LogP contribution < -0.4 is 19.3 Å². The fraction of sp³-hybridized carbons (Fsp3) is 0.167. The number of carbonyl (C=O) groups is 2. The first-order valence-electron chi connectivity index (χ1n) is 9.24. The Morgan fingerprint density at radius 3 is 1.17 bits per heavy atom. The summed E-state index contributed by atoms with van der Waals surface area (Å²) in [5.41, 5.74) is 2.55. The molecule has 30 heavy (non-hydrogen) atoms. The molecular formula is C24H26N2O4. The first-order chi connectivity index (χ1) is 14.2. The standard InChI is InChI=1S/2C10H10N.2C2H4O2/c2*1-11-8-4-6-9-5-2-3-7-10(9)11;2*1-2(3)4/h2*2-8H,1H3;2*1H3,(H,3,4)/q2*+1;;/p-2. The molecule has 0 spiro atoms. The number of aromatic nitrogens is 2. The minimum absolute atomic E-state index is 0.972. The lowest BCUT2D eigenvalue weighted by Crippen LogP contribution is -2.27. The van der Waals surface area contributed by atoms with Crippen molar-refractivity contribution in [1.29, 1.82) is 0 Å². The van der Waals surface area contributed by atoms with Crippen molar-refractivity contribution >= 4 is 33.7 Å². The van der Waals surface area contributed by atoms with Gasteiger partial charge >= 0.3 is 0 Å². The van der Waals surface area contributed by atoms with Gasteiger partial charge < -0.3 is 19.8 Å². The number of nitrogens with zero attached hydrogens (tertiary/aromatic N) is 2. The van der Waals surface area contributed by atoms with E-state index >= 15 is 0 Å². The van der Waals surface area contributed by atoms with Crippen molar-refractivity contribution in [2.75, 3.05) is 0 Å². The van der Waals surface area contributed by atoms with Crippen LogP contribution in [0.1, 0.15) is 13.8 Å². The number of pyridine rings is 2. The van der Waals surface area contributed by atoms with E-state index in [2.05, 4.69) is 108 Å². The number of hydrogen-bond donors (Lipinski definition) is 0. The van der Waals surface area contributed by atoms with Gasteiger partial charge in [-0.25, -0.2) is 9.13 Å². The van der Waals surface area contributed by atoms with E-state index in [0.717, 1.165) is 13.8 Å². The maximum absolute atomic E-state index is 8.89. The van der Waals surface area contributed by atoms with E-state index in [4.69, 9.17) is 19.8 Å². The van der Waals surface area contributed by atoms with Crippen LogP contribution >= 0.6 is 0 Å². The van der Waals surface area contributed by atoms with Gasteiger partial charge in [-0.2, -0.15) is 0 Å². The monoisotopic (exact) mass is 406 g/mol. The number of aryl methyl sites for hydroxylation is 2. The average molecular weight is 406 g/mol. The number of hydrogen-bond acceptors (Lipinski definition) is 4. The van der Waals surface area contributed by atoms with Crippen LogP contribution in [0.15, 0.2) is 85.2 Å². The lowest BCUT2D eigenvalue weighted by molar-refractivity contribution is -0.645. The van der Waals surface area contributed by atoms with E-state index in [-0.39, 0.29) is 0 Å². The van der Waals surface area contributed by atoms with E-state index in [1.165, 1.54) is 21.8 Å². The second-order valence-corrected chi connectivity index (χ2v) is 6.34. The van der Waals surface area contributed by atoms with E-state index in [0.29, 0.717) is 0 Å². The van der Waals surface area contributed by atoms with Crippen molar-refractivity contribution in [1.82, 2.24) is 0 Å². The van der Waals surface area contributed by atoms with E-state index in [1.807, 2.05) is 0 Å². The van der Waals surface area contributed by atoms with Crippen LogP contribution in [0.4, 0.5) is 0 Å². The number of para-hydroxylation sites is 2. The minimum Gasteiger partial charge on any atom is -0.550 e. The van der Waals surface area contributed by atoms with Crippen molar-refractivity contribution in [3.63, 3.8) is 0 Å². The molecule has 4 rings (SSSR count). The Balaban J connectivity index is 0.000000224.